The minimum Gasteiger partial charge on any atom is -0.411 e. The van der Waals surface area contributed by atoms with E-state index in [1.54, 1.807) is 0 Å². The summed E-state index contributed by atoms with van der Waals surface area (Å²) in [6.45, 7) is 0.389. The first-order valence-corrected chi connectivity index (χ1v) is 6.60. The van der Waals surface area contributed by atoms with E-state index in [1.807, 2.05) is 0 Å². The van der Waals surface area contributed by atoms with Crippen molar-refractivity contribution in [1.29, 1.82) is 0 Å². The maximum absolute atomic E-state index is 13.9. The molecule has 0 atom stereocenters. The molecule has 2 heterocycles. The summed E-state index contributed by atoms with van der Waals surface area (Å²) in [5.74, 6) is -0.997. The summed E-state index contributed by atoms with van der Waals surface area (Å²) in [5.41, 5.74) is 0.338. The molecule has 1 aromatic carbocycles. The van der Waals surface area contributed by atoms with Gasteiger partial charge in [-0.1, -0.05) is 5.16 Å². The average molecular weight is 266 g/mol. The average Bonchev–Trinajstić information content (AvgIpc) is 2.97. The van der Waals surface area contributed by atoms with Crippen molar-refractivity contribution in [2.45, 2.75) is 44.3 Å². The number of fused-ring (bicyclic) bond motifs is 2. The van der Waals surface area contributed by atoms with Gasteiger partial charge in [-0.15, -0.1) is 0 Å². The molecule has 3 nitrogen and oxygen atoms in total. The molecule has 1 N–H and O–H groups in total. The number of oxime groups is 1. The van der Waals surface area contributed by atoms with Gasteiger partial charge in [0.25, 0.3) is 0 Å². The van der Waals surface area contributed by atoms with Gasteiger partial charge in [-0.3, -0.25) is 4.90 Å². The van der Waals surface area contributed by atoms with Crippen LogP contribution in [0.15, 0.2) is 17.3 Å². The second-order valence-electron chi connectivity index (χ2n) is 5.30. The van der Waals surface area contributed by atoms with Crippen molar-refractivity contribution in [3.63, 3.8) is 0 Å². The maximum Gasteiger partial charge on any atom is 0.132 e. The molecule has 2 aliphatic heterocycles. The van der Waals surface area contributed by atoms with Crippen LogP contribution in [0, 0.1) is 11.6 Å². The highest BCUT2D eigenvalue weighted by molar-refractivity contribution is 5.81. The largest absolute Gasteiger partial charge is 0.411 e. The van der Waals surface area contributed by atoms with Crippen molar-refractivity contribution >= 4 is 6.21 Å². The van der Waals surface area contributed by atoms with Crippen LogP contribution in [0.4, 0.5) is 8.78 Å². The number of nitrogens with zero attached hydrogens (tertiary/aromatic N) is 2. The zero-order valence-electron chi connectivity index (χ0n) is 10.5. The van der Waals surface area contributed by atoms with Crippen molar-refractivity contribution in [3.8, 4) is 0 Å². The van der Waals surface area contributed by atoms with Gasteiger partial charge in [-0.05, 0) is 37.8 Å². The molecule has 2 saturated heterocycles. The Hall–Kier alpha value is -1.49. The number of halogens is 2. The molecule has 3 rings (SSSR count). The zero-order chi connectivity index (χ0) is 13.4. The number of benzene rings is 1. The van der Waals surface area contributed by atoms with E-state index in [1.165, 1.54) is 0 Å². The Morgan fingerprint density at radius 3 is 2.32 bits per heavy atom. The van der Waals surface area contributed by atoms with Gasteiger partial charge in [-0.25, -0.2) is 8.78 Å². The predicted octanol–water partition coefficient (Wildman–Crippen LogP) is 2.90. The first-order valence-electron chi connectivity index (χ1n) is 6.60. The van der Waals surface area contributed by atoms with Crippen molar-refractivity contribution in [3.05, 3.63) is 34.9 Å². The Morgan fingerprint density at radius 2 is 1.74 bits per heavy atom. The second kappa shape index (κ2) is 4.89. The van der Waals surface area contributed by atoms with E-state index in [0.717, 1.165) is 44.0 Å². The van der Waals surface area contributed by atoms with Gasteiger partial charge in [0.2, 0.25) is 0 Å². The van der Waals surface area contributed by atoms with Gasteiger partial charge in [-0.2, -0.15) is 0 Å². The van der Waals surface area contributed by atoms with Gasteiger partial charge in [0.15, 0.2) is 0 Å². The van der Waals surface area contributed by atoms with Crippen molar-refractivity contribution in [2.75, 3.05) is 0 Å². The molecular formula is C14H16F2N2O. The van der Waals surface area contributed by atoms with Crippen LogP contribution in [-0.2, 0) is 6.54 Å². The minimum absolute atomic E-state index is 0.0498. The number of hydrogen-bond donors (Lipinski definition) is 1. The third-order valence-corrected chi connectivity index (χ3v) is 4.38. The monoisotopic (exact) mass is 266 g/mol. The van der Waals surface area contributed by atoms with Crippen LogP contribution >= 0.6 is 0 Å². The Labute approximate surface area is 110 Å². The molecule has 19 heavy (non-hydrogen) atoms. The lowest BCUT2D eigenvalue weighted by Crippen LogP contribution is -2.29. The highest BCUT2D eigenvalue weighted by atomic mass is 19.1. The van der Waals surface area contributed by atoms with Crippen LogP contribution in [0.1, 0.15) is 36.8 Å². The zero-order valence-corrected chi connectivity index (χ0v) is 10.5. The normalized spacial score (nSPS) is 26.6. The van der Waals surface area contributed by atoms with E-state index >= 15 is 0 Å². The van der Waals surface area contributed by atoms with Gasteiger partial charge < -0.3 is 5.21 Å². The molecule has 0 saturated carbocycles. The Morgan fingerprint density at radius 1 is 1.16 bits per heavy atom. The van der Waals surface area contributed by atoms with Crippen LogP contribution in [-0.4, -0.2) is 28.4 Å². The summed E-state index contributed by atoms with van der Waals surface area (Å²) in [5, 5.41) is 11.4. The first kappa shape index (κ1) is 12.5. The Kier molecular flexibility index (Phi) is 3.22. The van der Waals surface area contributed by atoms with Crippen LogP contribution in [0.2, 0.25) is 0 Å². The smallest absolute Gasteiger partial charge is 0.132 e. The summed E-state index contributed by atoms with van der Waals surface area (Å²) < 4.78 is 27.7. The highest BCUT2D eigenvalue weighted by Crippen LogP contribution is 2.39. The lowest BCUT2D eigenvalue weighted by atomic mass is 10.0. The Balaban J connectivity index is 1.93. The molecule has 5 heteroatoms. The molecule has 0 amide bonds. The maximum atomic E-state index is 13.9. The SMILES string of the molecule is O/N=C/c1c(F)ccc(F)c1CN1C2CCC1CC2. The van der Waals surface area contributed by atoms with E-state index in [4.69, 9.17) is 5.21 Å². The number of hydrogen-bond acceptors (Lipinski definition) is 3. The number of rotatable bonds is 3. The fourth-order valence-electron chi connectivity index (χ4n) is 3.43. The van der Waals surface area contributed by atoms with E-state index in [0.29, 0.717) is 18.6 Å². The van der Waals surface area contributed by atoms with Gasteiger partial charge in [0.05, 0.1) is 6.21 Å². The standard InChI is InChI=1S/C14H16F2N2O/c15-13-5-6-14(16)12(11(13)7-17-19)8-18-9-1-2-10(18)4-3-9/h5-7,9-10,19H,1-4,8H2/b17-7+. The molecule has 2 bridgehead atoms. The quantitative estimate of drug-likeness (QED) is 0.519. The third kappa shape index (κ3) is 2.12. The molecular weight excluding hydrogens is 250 g/mol. The van der Waals surface area contributed by atoms with E-state index < -0.39 is 11.6 Å². The fraction of sp³-hybridized carbons (Fsp3) is 0.500. The van der Waals surface area contributed by atoms with Gasteiger partial charge in [0.1, 0.15) is 11.6 Å². The van der Waals surface area contributed by atoms with Crippen LogP contribution in [0.25, 0.3) is 0 Å². The van der Waals surface area contributed by atoms with Gasteiger partial charge in [0, 0.05) is 29.8 Å². The highest BCUT2D eigenvalue weighted by Gasteiger charge is 2.39. The summed E-state index contributed by atoms with van der Waals surface area (Å²) >= 11 is 0. The van der Waals surface area contributed by atoms with E-state index in [2.05, 4.69) is 10.1 Å². The van der Waals surface area contributed by atoms with E-state index in [9.17, 15) is 8.78 Å². The van der Waals surface area contributed by atoms with Gasteiger partial charge >= 0.3 is 0 Å². The third-order valence-electron chi connectivity index (χ3n) is 4.38. The second-order valence-corrected chi connectivity index (χ2v) is 5.30. The fourth-order valence-corrected chi connectivity index (χ4v) is 3.43. The van der Waals surface area contributed by atoms with Crippen molar-refractivity contribution < 1.29 is 14.0 Å². The topological polar surface area (TPSA) is 35.8 Å². The molecule has 0 radical (unpaired) electrons. The Bertz CT molecular complexity index is 498. The van der Waals surface area contributed by atoms with Crippen LogP contribution < -0.4 is 0 Å². The van der Waals surface area contributed by atoms with Crippen LogP contribution in [0.5, 0.6) is 0 Å². The molecule has 0 aromatic heterocycles. The summed E-state index contributed by atoms with van der Waals surface area (Å²) in [6, 6.07) is 3.18. The lowest BCUT2D eigenvalue weighted by Gasteiger charge is -2.23. The lowest BCUT2D eigenvalue weighted by molar-refractivity contribution is 0.240. The summed E-state index contributed by atoms with van der Waals surface area (Å²) in [6.07, 6.45) is 5.55. The molecule has 0 aliphatic carbocycles. The summed E-state index contributed by atoms with van der Waals surface area (Å²) in [4.78, 5) is 2.26. The van der Waals surface area contributed by atoms with Crippen molar-refractivity contribution in [1.82, 2.24) is 4.90 Å². The first-order chi connectivity index (χ1) is 9.20. The molecule has 0 spiro atoms. The molecule has 2 fully saturated rings. The predicted molar refractivity (Wildman–Crippen MR) is 67.3 cm³/mol. The van der Waals surface area contributed by atoms with E-state index in [-0.39, 0.29) is 11.1 Å². The van der Waals surface area contributed by atoms with Crippen molar-refractivity contribution in [2.24, 2.45) is 5.16 Å². The molecule has 2 aliphatic rings. The molecule has 1 aromatic rings. The van der Waals surface area contributed by atoms with Crippen LogP contribution in [0.3, 0.4) is 0 Å². The summed E-state index contributed by atoms with van der Waals surface area (Å²) in [7, 11) is 0. The molecule has 102 valence electrons. The molecule has 0 unspecified atom stereocenters. The minimum atomic E-state index is -0.555.